The van der Waals surface area contributed by atoms with E-state index in [9.17, 15) is 14.7 Å². The van der Waals surface area contributed by atoms with Crippen LogP contribution in [0.25, 0.3) is 0 Å². The zero-order valence-corrected chi connectivity index (χ0v) is 16.7. The van der Waals surface area contributed by atoms with Crippen LogP contribution in [0.2, 0.25) is 0 Å². The lowest BCUT2D eigenvalue weighted by molar-refractivity contribution is -0.255. The molecule has 3 fully saturated rings. The van der Waals surface area contributed by atoms with Gasteiger partial charge in [0, 0.05) is 18.3 Å². The smallest absolute Gasteiger partial charge is 0.435 e. The van der Waals surface area contributed by atoms with Gasteiger partial charge in [0.15, 0.2) is 5.78 Å². The molecular formula is C22H32O5. The summed E-state index contributed by atoms with van der Waals surface area (Å²) in [6.07, 6.45) is 9.22. The lowest BCUT2D eigenvalue weighted by Gasteiger charge is -2.59. The van der Waals surface area contributed by atoms with Crippen LogP contribution in [0.15, 0.2) is 12.2 Å². The fourth-order valence-electron chi connectivity index (χ4n) is 7.06. The molecule has 5 heteroatoms. The summed E-state index contributed by atoms with van der Waals surface area (Å²) < 4.78 is 10.4. The van der Waals surface area contributed by atoms with Crippen LogP contribution in [0.1, 0.15) is 65.7 Å². The zero-order valence-electron chi connectivity index (χ0n) is 16.7. The number of carbonyl (C=O) groups is 2. The van der Waals surface area contributed by atoms with E-state index in [0.29, 0.717) is 36.5 Å². The summed E-state index contributed by atoms with van der Waals surface area (Å²) in [4.78, 5) is 23.8. The number of fused-ring (bicyclic) bond motifs is 5. The van der Waals surface area contributed by atoms with Gasteiger partial charge in [-0.15, -0.1) is 0 Å². The van der Waals surface area contributed by atoms with E-state index in [1.807, 2.05) is 0 Å². The van der Waals surface area contributed by atoms with E-state index in [2.05, 4.69) is 19.9 Å². The summed E-state index contributed by atoms with van der Waals surface area (Å²) in [5, 5.41) is 11.3. The fourth-order valence-corrected chi connectivity index (χ4v) is 7.06. The second-order valence-corrected chi connectivity index (χ2v) is 9.59. The van der Waals surface area contributed by atoms with Crippen LogP contribution in [-0.4, -0.2) is 29.4 Å². The highest BCUT2D eigenvalue weighted by Crippen LogP contribution is 2.67. The predicted octanol–water partition coefficient (Wildman–Crippen LogP) is 4.24. The molecule has 0 amide bonds. The van der Waals surface area contributed by atoms with E-state index in [0.717, 1.165) is 32.1 Å². The van der Waals surface area contributed by atoms with Crippen molar-refractivity contribution in [3.8, 4) is 0 Å². The first-order valence-corrected chi connectivity index (χ1v) is 10.5. The van der Waals surface area contributed by atoms with Crippen molar-refractivity contribution < 1.29 is 24.2 Å². The number of allylic oxidation sites excluding steroid dienone is 2. The summed E-state index contributed by atoms with van der Waals surface area (Å²) in [5.41, 5.74) is -0.362. The Labute approximate surface area is 161 Å². The van der Waals surface area contributed by atoms with E-state index >= 15 is 0 Å². The Kier molecular flexibility index (Phi) is 4.45. The SMILES string of the molecule is CCOC(=O)O[C@@]1(O)CC[C@H]2[C@@H]3CC[C@H]4CC(=O)C=C[C@]4(C)[C@H]3CC[C@@]21C. The summed E-state index contributed by atoms with van der Waals surface area (Å²) in [5.74, 6) is 0.627. The van der Waals surface area contributed by atoms with Crippen molar-refractivity contribution >= 4 is 11.9 Å². The van der Waals surface area contributed by atoms with Gasteiger partial charge in [-0.2, -0.15) is 0 Å². The van der Waals surface area contributed by atoms with Crippen LogP contribution >= 0.6 is 0 Å². The topological polar surface area (TPSA) is 72.8 Å². The van der Waals surface area contributed by atoms with Crippen LogP contribution in [-0.2, 0) is 14.3 Å². The van der Waals surface area contributed by atoms with Gasteiger partial charge in [0.1, 0.15) is 0 Å². The van der Waals surface area contributed by atoms with Gasteiger partial charge in [-0.05, 0) is 74.2 Å². The van der Waals surface area contributed by atoms with Gasteiger partial charge in [0.2, 0.25) is 5.79 Å². The molecule has 0 aromatic heterocycles. The average molecular weight is 376 g/mol. The van der Waals surface area contributed by atoms with E-state index in [1.165, 1.54) is 0 Å². The monoisotopic (exact) mass is 376 g/mol. The molecule has 150 valence electrons. The van der Waals surface area contributed by atoms with E-state index < -0.39 is 17.4 Å². The number of ketones is 1. The van der Waals surface area contributed by atoms with Crippen LogP contribution in [0.5, 0.6) is 0 Å². The molecule has 0 heterocycles. The highest BCUT2D eigenvalue weighted by molar-refractivity contribution is 5.91. The Morgan fingerprint density at radius 3 is 2.67 bits per heavy atom. The number of ether oxygens (including phenoxy) is 2. The third-order valence-electron chi connectivity index (χ3n) is 8.63. The average Bonchev–Trinajstić information content (AvgIpc) is 2.87. The van der Waals surface area contributed by atoms with Crippen LogP contribution in [0.3, 0.4) is 0 Å². The first kappa shape index (κ1) is 19.0. The van der Waals surface area contributed by atoms with E-state index in [-0.39, 0.29) is 17.8 Å². The van der Waals surface area contributed by atoms with Gasteiger partial charge in [-0.25, -0.2) is 4.79 Å². The maximum Gasteiger partial charge on any atom is 0.510 e. The Bertz CT molecular complexity index is 672. The van der Waals surface area contributed by atoms with Crippen molar-refractivity contribution in [3.63, 3.8) is 0 Å². The van der Waals surface area contributed by atoms with Crippen molar-refractivity contribution in [2.75, 3.05) is 6.61 Å². The number of aliphatic hydroxyl groups is 1. The maximum absolute atomic E-state index is 11.9. The van der Waals surface area contributed by atoms with E-state index in [4.69, 9.17) is 9.47 Å². The molecule has 4 aliphatic rings. The summed E-state index contributed by atoms with van der Waals surface area (Å²) in [6.45, 7) is 6.40. The first-order valence-electron chi connectivity index (χ1n) is 10.5. The summed E-state index contributed by atoms with van der Waals surface area (Å²) >= 11 is 0. The highest BCUT2D eigenvalue weighted by Gasteiger charge is 2.66. The summed E-state index contributed by atoms with van der Waals surface area (Å²) in [7, 11) is 0. The molecule has 0 saturated heterocycles. The highest BCUT2D eigenvalue weighted by atomic mass is 16.8. The van der Waals surface area contributed by atoms with Gasteiger partial charge >= 0.3 is 6.16 Å². The van der Waals surface area contributed by atoms with Crippen LogP contribution in [0, 0.1) is 34.5 Å². The molecule has 4 rings (SSSR count). The number of carbonyl (C=O) groups excluding carboxylic acids is 2. The maximum atomic E-state index is 11.9. The van der Waals surface area contributed by atoms with Gasteiger partial charge in [0.25, 0.3) is 0 Å². The largest absolute Gasteiger partial charge is 0.510 e. The molecule has 3 saturated carbocycles. The van der Waals surface area contributed by atoms with Gasteiger partial charge in [-0.3, -0.25) is 4.79 Å². The second-order valence-electron chi connectivity index (χ2n) is 9.59. The minimum Gasteiger partial charge on any atom is -0.435 e. The van der Waals surface area contributed by atoms with Gasteiger partial charge < -0.3 is 14.6 Å². The third kappa shape index (κ3) is 2.68. The van der Waals surface area contributed by atoms with Gasteiger partial charge in [-0.1, -0.05) is 19.9 Å². The predicted molar refractivity (Wildman–Crippen MR) is 99.7 cm³/mol. The molecule has 0 bridgehead atoms. The molecule has 4 aliphatic carbocycles. The van der Waals surface area contributed by atoms with E-state index in [1.54, 1.807) is 13.0 Å². The normalized spacial score (nSPS) is 48.4. The van der Waals surface area contributed by atoms with Crippen molar-refractivity contribution in [2.24, 2.45) is 34.5 Å². The molecule has 0 unspecified atom stereocenters. The molecular weight excluding hydrogens is 344 g/mol. The molecule has 0 aromatic carbocycles. The Morgan fingerprint density at radius 1 is 1.19 bits per heavy atom. The Morgan fingerprint density at radius 2 is 1.93 bits per heavy atom. The van der Waals surface area contributed by atoms with Gasteiger partial charge in [0.05, 0.1) is 6.61 Å². The number of rotatable bonds is 2. The Hall–Kier alpha value is -1.36. The van der Waals surface area contributed by atoms with Crippen LogP contribution < -0.4 is 0 Å². The Balaban J connectivity index is 1.60. The molecule has 5 nitrogen and oxygen atoms in total. The lowest BCUT2D eigenvalue weighted by Crippen LogP contribution is -2.57. The fraction of sp³-hybridized carbons (Fsp3) is 0.818. The standard InChI is InChI=1S/C22H32O5/c1-4-26-19(24)27-22(25)12-9-18-16-6-5-14-13-15(23)7-10-20(14,2)17(16)8-11-21(18,22)3/h7,10,14,16-18,25H,4-6,8-9,11-13H2,1-3H3/t14-,16+,17-,18-,20-,21-,22-/m0/s1. The summed E-state index contributed by atoms with van der Waals surface area (Å²) in [6, 6.07) is 0. The molecule has 0 spiro atoms. The third-order valence-corrected chi connectivity index (χ3v) is 8.63. The lowest BCUT2D eigenvalue weighted by atomic mass is 9.46. The molecule has 0 aromatic rings. The van der Waals surface area contributed by atoms with Crippen molar-refractivity contribution in [3.05, 3.63) is 12.2 Å². The number of hydrogen-bond acceptors (Lipinski definition) is 5. The van der Waals surface area contributed by atoms with Crippen LogP contribution in [0.4, 0.5) is 4.79 Å². The molecule has 7 atom stereocenters. The van der Waals surface area contributed by atoms with Crippen molar-refractivity contribution in [1.82, 2.24) is 0 Å². The molecule has 27 heavy (non-hydrogen) atoms. The minimum absolute atomic E-state index is 0.0703. The zero-order chi connectivity index (χ0) is 19.4. The molecule has 0 aliphatic heterocycles. The minimum atomic E-state index is -1.44. The molecule has 0 radical (unpaired) electrons. The quantitative estimate of drug-likeness (QED) is 0.576. The number of hydrogen-bond donors (Lipinski definition) is 1. The first-order chi connectivity index (χ1) is 12.7. The van der Waals surface area contributed by atoms with Crippen molar-refractivity contribution in [1.29, 1.82) is 0 Å². The second kappa shape index (κ2) is 6.33. The molecule has 1 N–H and O–H groups in total. The van der Waals surface area contributed by atoms with Crippen molar-refractivity contribution in [2.45, 2.75) is 71.5 Å².